The smallest absolute Gasteiger partial charge is 0.0408 e. The molecule has 0 aromatic heterocycles. The molecule has 1 saturated carbocycles. The number of rotatable bonds is 3. The zero-order valence-corrected chi connectivity index (χ0v) is 12.9. The normalized spacial score (nSPS) is 17.8. The fourth-order valence-corrected chi connectivity index (χ4v) is 3.40. The molecule has 1 aliphatic carbocycles. The highest BCUT2D eigenvalue weighted by molar-refractivity contribution is 6.30. The van der Waals surface area contributed by atoms with Crippen LogP contribution in [0.1, 0.15) is 71.3 Å². The van der Waals surface area contributed by atoms with E-state index in [4.69, 9.17) is 11.6 Å². The van der Waals surface area contributed by atoms with Crippen LogP contribution in [0.4, 0.5) is 0 Å². The van der Waals surface area contributed by atoms with Crippen LogP contribution in [-0.2, 0) is 5.41 Å². The van der Waals surface area contributed by atoms with Crippen LogP contribution in [0.25, 0.3) is 0 Å². The predicted octanol–water partition coefficient (Wildman–Crippen LogP) is 6.37. The summed E-state index contributed by atoms with van der Waals surface area (Å²) in [6.07, 6.45) is 9.45. The van der Waals surface area contributed by atoms with Gasteiger partial charge in [-0.3, -0.25) is 0 Å². The van der Waals surface area contributed by atoms with Crippen LogP contribution in [0.2, 0.25) is 5.02 Å². The van der Waals surface area contributed by atoms with Crippen molar-refractivity contribution in [1.82, 2.24) is 0 Å². The minimum absolute atomic E-state index is 0.428. The summed E-state index contributed by atoms with van der Waals surface area (Å²) < 4.78 is 0. The van der Waals surface area contributed by atoms with Crippen LogP contribution >= 0.6 is 11.6 Å². The Morgan fingerprint density at radius 1 is 1.11 bits per heavy atom. The maximum Gasteiger partial charge on any atom is 0.0408 e. The molecule has 18 heavy (non-hydrogen) atoms. The van der Waals surface area contributed by atoms with Gasteiger partial charge in [-0.25, -0.2) is 0 Å². The van der Waals surface area contributed by atoms with Gasteiger partial charge >= 0.3 is 0 Å². The van der Waals surface area contributed by atoms with E-state index in [9.17, 15) is 0 Å². The van der Waals surface area contributed by atoms with Crippen molar-refractivity contribution < 1.29 is 0 Å². The molecule has 2 rings (SSSR count). The van der Waals surface area contributed by atoms with Gasteiger partial charge in [0.1, 0.15) is 0 Å². The quantitative estimate of drug-likeness (QED) is 0.596. The Kier molecular flexibility index (Phi) is 6.78. The van der Waals surface area contributed by atoms with Gasteiger partial charge in [0.25, 0.3) is 0 Å². The molecular formula is C17H27Cl. The van der Waals surface area contributed by atoms with Gasteiger partial charge < -0.3 is 0 Å². The maximum atomic E-state index is 6.13. The van der Waals surface area contributed by atoms with Gasteiger partial charge in [0, 0.05) is 5.02 Å². The monoisotopic (exact) mass is 266 g/mol. The highest BCUT2D eigenvalue weighted by Gasteiger charge is 2.32. The molecule has 0 bridgehead atoms. The molecule has 0 aliphatic heterocycles. The Labute approximate surface area is 118 Å². The van der Waals surface area contributed by atoms with Crippen LogP contribution in [0, 0.1) is 0 Å². The van der Waals surface area contributed by atoms with Crippen LogP contribution < -0.4 is 0 Å². The third-order valence-corrected chi connectivity index (χ3v) is 4.21. The standard InChI is InChI=1S/C15H21Cl.C2H6/c1-2-9-15(10-4-3-5-11-15)13-7-6-8-14(16)12-13;1-2/h6-8,12H,2-5,9-11H2,1H3;1-2H3. The second-order valence-corrected chi connectivity index (χ2v) is 5.54. The molecule has 0 nitrogen and oxygen atoms in total. The van der Waals surface area contributed by atoms with Crippen LogP contribution in [0.3, 0.4) is 0 Å². The van der Waals surface area contributed by atoms with Gasteiger partial charge in [-0.1, -0.05) is 70.2 Å². The van der Waals surface area contributed by atoms with E-state index in [0.29, 0.717) is 5.41 Å². The lowest BCUT2D eigenvalue weighted by Crippen LogP contribution is -2.28. The molecule has 1 heteroatoms. The molecule has 0 unspecified atom stereocenters. The summed E-state index contributed by atoms with van der Waals surface area (Å²) in [4.78, 5) is 0. The lowest BCUT2D eigenvalue weighted by atomic mass is 9.67. The summed E-state index contributed by atoms with van der Waals surface area (Å²) in [7, 11) is 0. The molecule has 1 fully saturated rings. The largest absolute Gasteiger partial charge is 0.0843 e. The molecule has 0 saturated heterocycles. The zero-order chi connectivity index (χ0) is 13.4. The van der Waals surface area contributed by atoms with Gasteiger partial charge in [0.2, 0.25) is 0 Å². The molecule has 0 spiro atoms. The van der Waals surface area contributed by atoms with Gasteiger partial charge in [-0.2, -0.15) is 0 Å². The first-order valence-electron chi connectivity index (χ1n) is 7.53. The number of hydrogen-bond donors (Lipinski definition) is 0. The maximum absolute atomic E-state index is 6.13. The van der Waals surface area contributed by atoms with Crippen molar-refractivity contribution >= 4 is 11.6 Å². The Morgan fingerprint density at radius 2 is 1.78 bits per heavy atom. The first-order valence-corrected chi connectivity index (χ1v) is 7.91. The molecule has 1 aromatic rings. The van der Waals surface area contributed by atoms with Gasteiger partial charge in [-0.05, 0) is 42.4 Å². The highest BCUT2D eigenvalue weighted by atomic mass is 35.5. The fraction of sp³-hybridized carbons (Fsp3) is 0.647. The third-order valence-electron chi connectivity index (χ3n) is 3.98. The third kappa shape index (κ3) is 3.75. The van der Waals surface area contributed by atoms with E-state index in [-0.39, 0.29) is 0 Å². The lowest BCUT2D eigenvalue weighted by Gasteiger charge is -2.38. The van der Waals surface area contributed by atoms with E-state index >= 15 is 0 Å². The van der Waals surface area contributed by atoms with Crippen molar-refractivity contribution in [1.29, 1.82) is 0 Å². The van der Waals surface area contributed by atoms with E-state index in [1.165, 1.54) is 50.5 Å². The number of halogens is 1. The summed E-state index contributed by atoms with van der Waals surface area (Å²) >= 11 is 6.13. The Balaban J connectivity index is 0.000000771. The van der Waals surface area contributed by atoms with E-state index in [1.807, 2.05) is 19.9 Å². The molecule has 0 radical (unpaired) electrons. The van der Waals surface area contributed by atoms with Gasteiger partial charge in [0.05, 0.1) is 0 Å². The second kappa shape index (κ2) is 7.84. The first-order chi connectivity index (χ1) is 8.77. The average Bonchev–Trinajstić information content (AvgIpc) is 2.42. The molecule has 102 valence electrons. The van der Waals surface area contributed by atoms with E-state index in [1.54, 1.807) is 0 Å². The van der Waals surface area contributed by atoms with E-state index < -0.39 is 0 Å². The molecular weight excluding hydrogens is 240 g/mol. The molecule has 0 N–H and O–H groups in total. The van der Waals surface area contributed by atoms with Crippen LogP contribution in [0.15, 0.2) is 24.3 Å². The predicted molar refractivity (Wildman–Crippen MR) is 82.5 cm³/mol. The van der Waals surface area contributed by atoms with Crippen LogP contribution in [0.5, 0.6) is 0 Å². The summed E-state index contributed by atoms with van der Waals surface area (Å²) in [5.74, 6) is 0. The van der Waals surface area contributed by atoms with Crippen molar-refractivity contribution in [3.8, 4) is 0 Å². The number of benzene rings is 1. The van der Waals surface area contributed by atoms with Crippen molar-refractivity contribution in [2.45, 2.75) is 71.1 Å². The SMILES string of the molecule is CC.CCCC1(c2cccc(Cl)c2)CCCCC1. The molecule has 0 amide bonds. The summed E-state index contributed by atoms with van der Waals surface area (Å²) in [5.41, 5.74) is 1.90. The minimum Gasteiger partial charge on any atom is -0.0843 e. The highest BCUT2D eigenvalue weighted by Crippen LogP contribution is 2.43. The van der Waals surface area contributed by atoms with Crippen molar-refractivity contribution in [2.24, 2.45) is 0 Å². The van der Waals surface area contributed by atoms with Crippen molar-refractivity contribution in [3.63, 3.8) is 0 Å². The summed E-state index contributed by atoms with van der Waals surface area (Å²) in [5, 5.41) is 0.888. The molecule has 0 heterocycles. The lowest BCUT2D eigenvalue weighted by molar-refractivity contribution is 0.271. The zero-order valence-electron chi connectivity index (χ0n) is 12.1. The van der Waals surface area contributed by atoms with Crippen LogP contribution in [-0.4, -0.2) is 0 Å². The number of hydrogen-bond acceptors (Lipinski definition) is 0. The fourth-order valence-electron chi connectivity index (χ4n) is 3.21. The topological polar surface area (TPSA) is 0 Å². The summed E-state index contributed by atoms with van der Waals surface area (Å²) in [6, 6.07) is 8.53. The summed E-state index contributed by atoms with van der Waals surface area (Å²) in [6.45, 7) is 6.29. The van der Waals surface area contributed by atoms with Gasteiger partial charge in [0.15, 0.2) is 0 Å². The Bertz CT molecular complexity index is 332. The van der Waals surface area contributed by atoms with Crippen molar-refractivity contribution in [2.75, 3.05) is 0 Å². The molecule has 1 aromatic carbocycles. The van der Waals surface area contributed by atoms with E-state index in [0.717, 1.165) is 5.02 Å². The Morgan fingerprint density at radius 3 is 2.33 bits per heavy atom. The minimum atomic E-state index is 0.428. The molecule has 0 atom stereocenters. The Hall–Kier alpha value is -0.490. The second-order valence-electron chi connectivity index (χ2n) is 5.10. The molecule has 1 aliphatic rings. The average molecular weight is 267 g/mol. The van der Waals surface area contributed by atoms with Crippen molar-refractivity contribution in [3.05, 3.63) is 34.9 Å². The first kappa shape index (κ1) is 15.6. The van der Waals surface area contributed by atoms with E-state index in [2.05, 4.69) is 25.1 Å². The van der Waals surface area contributed by atoms with Gasteiger partial charge in [-0.15, -0.1) is 0 Å².